The summed E-state index contributed by atoms with van der Waals surface area (Å²) in [6.45, 7) is 1.43. The molecule has 4 rings (SSSR count). The van der Waals surface area contributed by atoms with Gasteiger partial charge in [0, 0.05) is 18.6 Å². The van der Waals surface area contributed by atoms with Gasteiger partial charge in [0.2, 0.25) is 0 Å². The number of primary amides is 1. The molecule has 1 amide bonds. The summed E-state index contributed by atoms with van der Waals surface area (Å²) >= 11 is 1.44. The molecule has 10 heteroatoms. The molecule has 8 nitrogen and oxygen atoms in total. The zero-order valence-electron chi connectivity index (χ0n) is 13.9. The Hall–Kier alpha value is -2.59. The van der Waals surface area contributed by atoms with E-state index in [1.54, 1.807) is 28.5 Å². The highest BCUT2D eigenvalue weighted by Gasteiger charge is 2.31. The van der Waals surface area contributed by atoms with Crippen LogP contribution in [0, 0.1) is 0 Å². The molecule has 0 bridgehead atoms. The summed E-state index contributed by atoms with van der Waals surface area (Å²) in [4.78, 5) is 25.2. The summed E-state index contributed by atoms with van der Waals surface area (Å²) in [6, 6.07) is 0. The number of nitrogens with two attached hydrogens (primary N) is 1. The lowest BCUT2D eigenvalue weighted by atomic mass is 9.94. The van der Waals surface area contributed by atoms with Gasteiger partial charge in [-0.15, -0.1) is 11.3 Å². The van der Waals surface area contributed by atoms with Gasteiger partial charge in [-0.25, -0.2) is 14.4 Å². The number of hydrogen-bond donors (Lipinski definition) is 3. The molecule has 1 saturated heterocycles. The van der Waals surface area contributed by atoms with Gasteiger partial charge in [-0.2, -0.15) is 0 Å². The standard InChI is InChI=1S/C16H18FN7OS/c17-16(1-3-19-4-2-16)8-21-14-15-23-11(13(18)25)7-24(15)6-10(22-14)12-5-20-9-26-12/h5-7,9,19H,1-4,8H2,(H2,18,25)(H,21,22). The van der Waals surface area contributed by atoms with Crippen molar-refractivity contribution >= 4 is 28.7 Å². The maximum Gasteiger partial charge on any atom is 0.268 e. The average molecular weight is 375 g/mol. The molecule has 3 aromatic heterocycles. The Morgan fingerprint density at radius 1 is 1.38 bits per heavy atom. The van der Waals surface area contributed by atoms with Gasteiger partial charge in [-0.1, -0.05) is 0 Å². The minimum Gasteiger partial charge on any atom is -0.364 e. The molecule has 136 valence electrons. The molecular weight excluding hydrogens is 357 g/mol. The van der Waals surface area contributed by atoms with Crippen LogP contribution in [0.5, 0.6) is 0 Å². The van der Waals surface area contributed by atoms with Crippen molar-refractivity contribution < 1.29 is 9.18 Å². The van der Waals surface area contributed by atoms with Crippen LogP contribution in [0.15, 0.2) is 24.1 Å². The van der Waals surface area contributed by atoms with Gasteiger partial charge < -0.3 is 20.8 Å². The van der Waals surface area contributed by atoms with Crippen LogP contribution in [-0.4, -0.2) is 50.6 Å². The van der Waals surface area contributed by atoms with Crippen LogP contribution >= 0.6 is 11.3 Å². The van der Waals surface area contributed by atoms with Crippen LogP contribution in [0.1, 0.15) is 23.3 Å². The van der Waals surface area contributed by atoms with Gasteiger partial charge in [0.15, 0.2) is 11.5 Å². The maximum absolute atomic E-state index is 14.9. The van der Waals surface area contributed by atoms with E-state index in [4.69, 9.17) is 5.73 Å². The number of aromatic nitrogens is 4. The highest BCUT2D eigenvalue weighted by Crippen LogP contribution is 2.27. The molecule has 4 heterocycles. The third-order valence-corrected chi connectivity index (χ3v) is 5.24. The molecular formula is C16H18FN7OS. The first kappa shape index (κ1) is 16.9. The zero-order chi connectivity index (χ0) is 18.1. The number of rotatable bonds is 5. The number of hydrogen-bond acceptors (Lipinski definition) is 7. The van der Waals surface area contributed by atoms with E-state index < -0.39 is 11.6 Å². The third kappa shape index (κ3) is 3.25. The number of nitrogens with one attached hydrogen (secondary N) is 2. The van der Waals surface area contributed by atoms with Crippen molar-refractivity contribution in [3.63, 3.8) is 0 Å². The van der Waals surface area contributed by atoms with Gasteiger partial charge in [0.05, 0.1) is 16.9 Å². The van der Waals surface area contributed by atoms with Crippen LogP contribution in [0.3, 0.4) is 0 Å². The molecule has 1 aliphatic heterocycles. The number of imidazole rings is 1. The predicted molar refractivity (Wildman–Crippen MR) is 97.0 cm³/mol. The number of anilines is 1. The molecule has 1 aliphatic rings. The predicted octanol–water partition coefficient (Wildman–Crippen LogP) is 1.46. The Balaban J connectivity index is 1.71. The van der Waals surface area contributed by atoms with Gasteiger partial charge >= 0.3 is 0 Å². The summed E-state index contributed by atoms with van der Waals surface area (Å²) in [5, 5.41) is 6.24. The topological polar surface area (TPSA) is 110 Å². The molecule has 1 fully saturated rings. The number of fused-ring (bicyclic) bond motifs is 1. The average Bonchev–Trinajstić information content (AvgIpc) is 3.29. The van der Waals surface area contributed by atoms with E-state index in [-0.39, 0.29) is 12.2 Å². The first-order valence-electron chi connectivity index (χ1n) is 8.26. The summed E-state index contributed by atoms with van der Waals surface area (Å²) in [6.07, 6.45) is 5.88. The van der Waals surface area contributed by atoms with Crippen molar-refractivity contribution in [3.8, 4) is 10.6 Å². The molecule has 0 radical (unpaired) electrons. The van der Waals surface area contributed by atoms with Crippen molar-refractivity contribution in [1.82, 2.24) is 24.7 Å². The molecule has 26 heavy (non-hydrogen) atoms. The van der Waals surface area contributed by atoms with E-state index in [1.807, 2.05) is 0 Å². The molecule has 0 unspecified atom stereocenters. The number of carbonyl (C=O) groups is 1. The third-order valence-electron chi connectivity index (χ3n) is 4.45. The van der Waals surface area contributed by atoms with Gasteiger partial charge in [0.1, 0.15) is 17.1 Å². The lowest BCUT2D eigenvalue weighted by molar-refractivity contribution is 0.0996. The molecule has 0 aliphatic carbocycles. The fraction of sp³-hybridized carbons (Fsp3) is 0.375. The van der Waals surface area contributed by atoms with Crippen molar-refractivity contribution in [2.75, 3.05) is 25.0 Å². The zero-order valence-corrected chi connectivity index (χ0v) is 14.7. The van der Waals surface area contributed by atoms with Crippen molar-refractivity contribution in [3.05, 3.63) is 29.8 Å². The summed E-state index contributed by atoms with van der Waals surface area (Å²) in [5.41, 5.74) is 6.98. The highest BCUT2D eigenvalue weighted by molar-refractivity contribution is 7.13. The van der Waals surface area contributed by atoms with Gasteiger partial charge in [-0.3, -0.25) is 9.78 Å². The van der Waals surface area contributed by atoms with E-state index in [1.165, 1.54) is 11.3 Å². The largest absolute Gasteiger partial charge is 0.364 e. The Morgan fingerprint density at radius 2 is 2.19 bits per heavy atom. The van der Waals surface area contributed by atoms with Crippen molar-refractivity contribution in [1.29, 1.82) is 0 Å². The van der Waals surface area contributed by atoms with Crippen LogP contribution in [0.2, 0.25) is 0 Å². The molecule has 0 saturated carbocycles. The van der Waals surface area contributed by atoms with E-state index in [2.05, 4.69) is 25.6 Å². The summed E-state index contributed by atoms with van der Waals surface area (Å²) in [5.74, 6) is -0.210. The minimum atomic E-state index is -1.30. The molecule has 0 atom stereocenters. The van der Waals surface area contributed by atoms with Crippen LogP contribution in [-0.2, 0) is 0 Å². The number of nitrogens with zero attached hydrogens (tertiary/aromatic N) is 4. The highest BCUT2D eigenvalue weighted by atomic mass is 32.1. The fourth-order valence-corrected chi connectivity index (χ4v) is 3.57. The Labute approximate surface area is 152 Å². The molecule has 4 N–H and O–H groups in total. The normalized spacial score (nSPS) is 16.7. The number of amides is 1. The number of piperidine rings is 1. The summed E-state index contributed by atoms with van der Waals surface area (Å²) in [7, 11) is 0. The Morgan fingerprint density at radius 3 is 2.88 bits per heavy atom. The SMILES string of the molecule is NC(=O)c1cn2cc(-c3cncs3)nc(NCC3(F)CCNCC3)c2n1. The number of alkyl halides is 1. The second kappa shape index (κ2) is 6.61. The Kier molecular flexibility index (Phi) is 4.29. The number of carbonyl (C=O) groups excluding carboxylic acids is 1. The first-order chi connectivity index (χ1) is 12.5. The number of thiazole rings is 1. The summed E-state index contributed by atoms with van der Waals surface area (Å²) < 4.78 is 16.6. The second-order valence-corrected chi connectivity index (χ2v) is 7.20. The molecule has 0 aromatic carbocycles. The van der Waals surface area contributed by atoms with E-state index >= 15 is 0 Å². The van der Waals surface area contributed by atoms with Crippen molar-refractivity contribution in [2.45, 2.75) is 18.5 Å². The van der Waals surface area contributed by atoms with E-state index in [0.29, 0.717) is 43.1 Å². The van der Waals surface area contributed by atoms with Gasteiger partial charge in [-0.05, 0) is 25.9 Å². The lowest BCUT2D eigenvalue weighted by Gasteiger charge is -2.30. The molecule has 0 spiro atoms. The van der Waals surface area contributed by atoms with Gasteiger partial charge in [0.25, 0.3) is 5.91 Å². The minimum absolute atomic E-state index is 0.127. The van der Waals surface area contributed by atoms with Crippen LogP contribution in [0.4, 0.5) is 10.2 Å². The second-order valence-electron chi connectivity index (χ2n) is 6.32. The Bertz CT molecular complexity index is 934. The fourth-order valence-electron chi connectivity index (χ4n) is 2.99. The first-order valence-corrected chi connectivity index (χ1v) is 9.14. The lowest BCUT2D eigenvalue weighted by Crippen LogP contribution is -2.43. The van der Waals surface area contributed by atoms with E-state index in [0.717, 1.165) is 4.88 Å². The van der Waals surface area contributed by atoms with Crippen LogP contribution < -0.4 is 16.4 Å². The smallest absolute Gasteiger partial charge is 0.268 e. The van der Waals surface area contributed by atoms with Crippen LogP contribution in [0.25, 0.3) is 16.2 Å². The number of halogens is 1. The monoisotopic (exact) mass is 375 g/mol. The van der Waals surface area contributed by atoms with E-state index in [9.17, 15) is 9.18 Å². The molecule has 3 aromatic rings. The maximum atomic E-state index is 14.9. The van der Waals surface area contributed by atoms with Crippen molar-refractivity contribution in [2.24, 2.45) is 5.73 Å². The quantitative estimate of drug-likeness (QED) is 0.623.